The molecule has 0 bridgehead atoms. The second-order valence-corrected chi connectivity index (χ2v) is 4.08. The lowest BCUT2D eigenvalue weighted by Crippen LogP contribution is -1.93. The first-order chi connectivity index (χ1) is 7.38. The van der Waals surface area contributed by atoms with E-state index in [4.69, 9.17) is 9.47 Å². The fourth-order valence-corrected chi connectivity index (χ4v) is 1.86. The molecule has 0 fully saturated rings. The zero-order valence-electron chi connectivity index (χ0n) is 8.47. The molecule has 0 amide bonds. The summed E-state index contributed by atoms with van der Waals surface area (Å²) >= 11 is 1.70. The minimum atomic E-state index is 0.616. The van der Waals surface area contributed by atoms with Crippen molar-refractivity contribution in [3.63, 3.8) is 0 Å². The van der Waals surface area contributed by atoms with E-state index in [2.05, 4.69) is 6.07 Å². The molecule has 2 nitrogen and oxygen atoms in total. The molecule has 0 aliphatic heterocycles. The van der Waals surface area contributed by atoms with Crippen molar-refractivity contribution in [2.24, 2.45) is 0 Å². The van der Waals surface area contributed by atoms with E-state index in [0.717, 1.165) is 11.5 Å². The Balaban J connectivity index is 1.98. The van der Waals surface area contributed by atoms with Crippen molar-refractivity contribution < 1.29 is 9.47 Å². The Hall–Kier alpha value is -1.48. The summed E-state index contributed by atoms with van der Waals surface area (Å²) in [6.07, 6.45) is 0. The summed E-state index contributed by atoms with van der Waals surface area (Å²) in [5, 5.41) is 2.05. The molecular formula is C12H12O2S. The average molecular weight is 220 g/mol. The van der Waals surface area contributed by atoms with Crippen LogP contribution in [-0.4, -0.2) is 7.11 Å². The Kier molecular flexibility index (Phi) is 3.25. The SMILES string of the molecule is COc1cccc(OCc2cccs2)c1. The highest BCUT2D eigenvalue weighted by Crippen LogP contribution is 2.20. The van der Waals surface area contributed by atoms with Gasteiger partial charge in [-0.25, -0.2) is 0 Å². The molecule has 0 saturated heterocycles. The Morgan fingerprint density at radius 2 is 2.00 bits per heavy atom. The van der Waals surface area contributed by atoms with E-state index in [0.29, 0.717) is 6.61 Å². The van der Waals surface area contributed by atoms with E-state index < -0.39 is 0 Å². The zero-order chi connectivity index (χ0) is 10.5. The number of thiophene rings is 1. The van der Waals surface area contributed by atoms with Gasteiger partial charge in [-0.05, 0) is 23.6 Å². The molecule has 0 spiro atoms. The number of ether oxygens (including phenoxy) is 2. The molecule has 1 aromatic carbocycles. The molecule has 3 heteroatoms. The molecule has 0 atom stereocenters. The summed E-state index contributed by atoms with van der Waals surface area (Å²) in [5.74, 6) is 1.65. The van der Waals surface area contributed by atoms with Crippen molar-refractivity contribution in [3.05, 3.63) is 46.7 Å². The third-order valence-corrected chi connectivity index (χ3v) is 2.85. The monoisotopic (exact) mass is 220 g/mol. The van der Waals surface area contributed by atoms with Gasteiger partial charge in [0.2, 0.25) is 0 Å². The highest BCUT2D eigenvalue weighted by Gasteiger charge is 1.98. The molecule has 0 saturated carbocycles. The first kappa shape index (κ1) is 10.1. The fourth-order valence-electron chi connectivity index (χ4n) is 1.24. The summed E-state index contributed by atoms with van der Waals surface area (Å²) in [6, 6.07) is 11.7. The largest absolute Gasteiger partial charge is 0.497 e. The predicted octanol–water partition coefficient (Wildman–Crippen LogP) is 3.34. The first-order valence-corrected chi connectivity index (χ1v) is 5.55. The Bertz CT molecular complexity index is 409. The molecule has 1 aromatic heterocycles. The van der Waals surface area contributed by atoms with Gasteiger partial charge in [-0.2, -0.15) is 0 Å². The van der Waals surface area contributed by atoms with Gasteiger partial charge in [-0.3, -0.25) is 0 Å². The van der Waals surface area contributed by atoms with E-state index in [-0.39, 0.29) is 0 Å². The van der Waals surface area contributed by atoms with Crippen molar-refractivity contribution in [2.75, 3.05) is 7.11 Å². The molecule has 15 heavy (non-hydrogen) atoms. The van der Waals surface area contributed by atoms with Crippen LogP contribution in [0.1, 0.15) is 4.88 Å². The maximum Gasteiger partial charge on any atom is 0.123 e. The van der Waals surface area contributed by atoms with Crippen molar-refractivity contribution in [1.82, 2.24) is 0 Å². The minimum Gasteiger partial charge on any atom is -0.497 e. The second-order valence-electron chi connectivity index (χ2n) is 3.05. The minimum absolute atomic E-state index is 0.616. The molecule has 0 radical (unpaired) electrons. The maximum atomic E-state index is 5.62. The standard InChI is InChI=1S/C12H12O2S/c1-13-10-4-2-5-11(8-10)14-9-12-6-3-7-15-12/h2-8H,9H2,1H3. The number of benzene rings is 1. The van der Waals surface area contributed by atoms with Crippen LogP contribution < -0.4 is 9.47 Å². The van der Waals surface area contributed by atoms with Gasteiger partial charge in [-0.15, -0.1) is 11.3 Å². The van der Waals surface area contributed by atoms with E-state index in [1.807, 2.05) is 35.7 Å². The molecule has 1 heterocycles. The Labute approximate surface area is 93.1 Å². The van der Waals surface area contributed by atoms with Gasteiger partial charge in [-0.1, -0.05) is 12.1 Å². The number of rotatable bonds is 4. The van der Waals surface area contributed by atoms with Crippen LogP contribution in [-0.2, 0) is 6.61 Å². The summed E-state index contributed by atoms with van der Waals surface area (Å²) in [7, 11) is 1.65. The molecule has 0 aliphatic carbocycles. The predicted molar refractivity (Wildman–Crippen MR) is 61.6 cm³/mol. The van der Waals surface area contributed by atoms with Crippen LogP contribution >= 0.6 is 11.3 Å². The van der Waals surface area contributed by atoms with Crippen molar-refractivity contribution >= 4 is 11.3 Å². The molecule has 0 N–H and O–H groups in total. The Morgan fingerprint density at radius 1 is 1.13 bits per heavy atom. The summed E-state index contributed by atoms with van der Waals surface area (Å²) < 4.78 is 10.7. The number of methoxy groups -OCH3 is 1. The maximum absolute atomic E-state index is 5.62. The molecule has 2 aromatic rings. The molecular weight excluding hydrogens is 208 g/mol. The summed E-state index contributed by atoms with van der Waals surface area (Å²) in [6.45, 7) is 0.616. The van der Waals surface area contributed by atoms with Crippen LogP contribution in [0.15, 0.2) is 41.8 Å². The van der Waals surface area contributed by atoms with Crippen LogP contribution in [0.5, 0.6) is 11.5 Å². The summed E-state index contributed by atoms with van der Waals surface area (Å²) in [4.78, 5) is 1.22. The van der Waals surface area contributed by atoms with Gasteiger partial charge in [0.1, 0.15) is 18.1 Å². The van der Waals surface area contributed by atoms with Gasteiger partial charge >= 0.3 is 0 Å². The molecule has 78 valence electrons. The second kappa shape index (κ2) is 4.84. The molecule has 0 aliphatic rings. The van der Waals surface area contributed by atoms with Gasteiger partial charge in [0, 0.05) is 10.9 Å². The van der Waals surface area contributed by atoms with E-state index in [1.165, 1.54) is 4.88 Å². The highest BCUT2D eigenvalue weighted by molar-refractivity contribution is 7.09. The lowest BCUT2D eigenvalue weighted by Gasteiger charge is -2.06. The van der Waals surface area contributed by atoms with Gasteiger partial charge in [0.25, 0.3) is 0 Å². The van der Waals surface area contributed by atoms with Crippen LogP contribution in [0.25, 0.3) is 0 Å². The lowest BCUT2D eigenvalue weighted by atomic mass is 10.3. The third kappa shape index (κ3) is 2.73. The smallest absolute Gasteiger partial charge is 0.123 e. The number of hydrogen-bond acceptors (Lipinski definition) is 3. The average Bonchev–Trinajstić information content (AvgIpc) is 2.79. The van der Waals surface area contributed by atoms with E-state index in [1.54, 1.807) is 18.4 Å². The number of hydrogen-bond donors (Lipinski definition) is 0. The zero-order valence-corrected chi connectivity index (χ0v) is 9.29. The van der Waals surface area contributed by atoms with Crippen molar-refractivity contribution in [1.29, 1.82) is 0 Å². The van der Waals surface area contributed by atoms with Crippen LogP contribution in [0.4, 0.5) is 0 Å². The van der Waals surface area contributed by atoms with Crippen LogP contribution in [0, 0.1) is 0 Å². The van der Waals surface area contributed by atoms with Crippen molar-refractivity contribution in [3.8, 4) is 11.5 Å². The molecule has 2 rings (SSSR count). The van der Waals surface area contributed by atoms with Crippen LogP contribution in [0.3, 0.4) is 0 Å². The van der Waals surface area contributed by atoms with Crippen molar-refractivity contribution in [2.45, 2.75) is 6.61 Å². The van der Waals surface area contributed by atoms with E-state index in [9.17, 15) is 0 Å². The molecule has 0 unspecified atom stereocenters. The van der Waals surface area contributed by atoms with Gasteiger partial charge in [0.15, 0.2) is 0 Å². The third-order valence-electron chi connectivity index (χ3n) is 2.00. The Morgan fingerprint density at radius 3 is 2.73 bits per heavy atom. The van der Waals surface area contributed by atoms with E-state index >= 15 is 0 Å². The van der Waals surface area contributed by atoms with Gasteiger partial charge in [0.05, 0.1) is 7.11 Å². The highest BCUT2D eigenvalue weighted by atomic mass is 32.1. The summed E-state index contributed by atoms with van der Waals surface area (Å²) in [5.41, 5.74) is 0. The first-order valence-electron chi connectivity index (χ1n) is 4.68. The fraction of sp³-hybridized carbons (Fsp3) is 0.167. The van der Waals surface area contributed by atoms with Gasteiger partial charge < -0.3 is 9.47 Å². The normalized spacial score (nSPS) is 9.93. The van der Waals surface area contributed by atoms with Crippen LogP contribution in [0.2, 0.25) is 0 Å². The quantitative estimate of drug-likeness (QED) is 0.786. The topological polar surface area (TPSA) is 18.5 Å². The lowest BCUT2D eigenvalue weighted by molar-refractivity contribution is 0.307.